The van der Waals surface area contributed by atoms with Crippen LogP contribution in [0.3, 0.4) is 0 Å². The highest BCUT2D eigenvalue weighted by Gasteiger charge is 2.35. The summed E-state index contributed by atoms with van der Waals surface area (Å²) in [7, 11) is 5.80. The SMILES string of the molecule is CN(Cc1ccc(N(C)C)cc1)C(=O)C1CC(=O)N(Cc2ccccn2)C1. The molecule has 142 valence electrons. The number of likely N-dealkylation sites (tertiary alicyclic amines) is 1. The molecule has 1 unspecified atom stereocenters. The fourth-order valence-corrected chi connectivity index (χ4v) is 3.34. The van der Waals surface area contributed by atoms with E-state index < -0.39 is 0 Å². The molecule has 0 saturated carbocycles. The fourth-order valence-electron chi connectivity index (χ4n) is 3.34. The van der Waals surface area contributed by atoms with Crippen LogP contribution in [-0.4, -0.2) is 54.3 Å². The van der Waals surface area contributed by atoms with Crippen LogP contribution in [0, 0.1) is 5.92 Å². The number of hydrogen-bond donors (Lipinski definition) is 0. The highest BCUT2D eigenvalue weighted by molar-refractivity contribution is 5.89. The Hall–Kier alpha value is -2.89. The third kappa shape index (κ3) is 4.64. The lowest BCUT2D eigenvalue weighted by Gasteiger charge is -2.22. The molecule has 0 N–H and O–H groups in total. The van der Waals surface area contributed by atoms with Crippen molar-refractivity contribution in [3.8, 4) is 0 Å². The van der Waals surface area contributed by atoms with Crippen LogP contribution in [-0.2, 0) is 22.7 Å². The van der Waals surface area contributed by atoms with Gasteiger partial charge in [-0.2, -0.15) is 0 Å². The molecule has 2 aromatic rings. The minimum Gasteiger partial charge on any atom is -0.378 e. The summed E-state index contributed by atoms with van der Waals surface area (Å²) in [5, 5.41) is 0. The normalized spacial score (nSPS) is 16.5. The molecule has 1 saturated heterocycles. The van der Waals surface area contributed by atoms with Gasteiger partial charge in [-0.05, 0) is 29.8 Å². The van der Waals surface area contributed by atoms with Gasteiger partial charge >= 0.3 is 0 Å². The minimum absolute atomic E-state index is 0.0164. The minimum atomic E-state index is -0.285. The van der Waals surface area contributed by atoms with E-state index in [-0.39, 0.29) is 24.2 Å². The molecule has 1 atom stereocenters. The Balaban J connectivity index is 1.57. The van der Waals surface area contributed by atoms with Gasteiger partial charge in [0, 0.05) is 52.5 Å². The molecule has 3 rings (SSSR count). The van der Waals surface area contributed by atoms with Crippen LogP contribution >= 0.6 is 0 Å². The maximum atomic E-state index is 12.8. The number of hydrogen-bond acceptors (Lipinski definition) is 4. The van der Waals surface area contributed by atoms with Crippen LogP contribution in [0.1, 0.15) is 17.7 Å². The average molecular weight is 366 g/mol. The number of nitrogens with zero attached hydrogens (tertiary/aromatic N) is 4. The largest absolute Gasteiger partial charge is 0.378 e. The Morgan fingerprint density at radius 3 is 2.52 bits per heavy atom. The van der Waals surface area contributed by atoms with E-state index in [4.69, 9.17) is 0 Å². The summed E-state index contributed by atoms with van der Waals surface area (Å²) in [6.45, 7) is 1.45. The quantitative estimate of drug-likeness (QED) is 0.786. The van der Waals surface area contributed by atoms with Gasteiger partial charge in [0.1, 0.15) is 0 Å². The van der Waals surface area contributed by atoms with Crippen LogP contribution in [0.15, 0.2) is 48.7 Å². The molecule has 0 aliphatic carbocycles. The zero-order valence-electron chi connectivity index (χ0n) is 16.1. The summed E-state index contributed by atoms with van der Waals surface area (Å²) in [5.41, 5.74) is 3.04. The third-order valence-corrected chi connectivity index (χ3v) is 4.89. The first-order chi connectivity index (χ1) is 12.9. The van der Waals surface area contributed by atoms with E-state index >= 15 is 0 Å². The standard InChI is InChI=1S/C21H26N4O2/c1-23(2)19-9-7-16(8-10-19)13-24(3)21(27)17-12-20(26)25(14-17)15-18-6-4-5-11-22-18/h4-11,17H,12-15H2,1-3H3. The molecule has 1 fully saturated rings. The van der Waals surface area contributed by atoms with Gasteiger partial charge in [-0.15, -0.1) is 0 Å². The Bertz CT molecular complexity index is 790. The Kier molecular flexibility index (Phi) is 5.74. The van der Waals surface area contributed by atoms with Crippen LogP contribution in [0.2, 0.25) is 0 Å². The second-order valence-corrected chi connectivity index (χ2v) is 7.25. The molecular formula is C21H26N4O2. The first kappa shape index (κ1) is 18.9. The predicted molar refractivity (Wildman–Crippen MR) is 105 cm³/mol. The van der Waals surface area contributed by atoms with E-state index in [0.29, 0.717) is 19.6 Å². The second kappa shape index (κ2) is 8.20. The first-order valence-corrected chi connectivity index (χ1v) is 9.13. The number of anilines is 1. The molecule has 2 heterocycles. The number of pyridine rings is 1. The smallest absolute Gasteiger partial charge is 0.228 e. The second-order valence-electron chi connectivity index (χ2n) is 7.25. The van der Waals surface area contributed by atoms with Gasteiger partial charge in [-0.3, -0.25) is 14.6 Å². The van der Waals surface area contributed by atoms with Gasteiger partial charge < -0.3 is 14.7 Å². The van der Waals surface area contributed by atoms with Crippen LogP contribution in [0.25, 0.3) is 0 Å². The average Bonchev–Trinajstić information content (AvgIpc) is 3.02. The highest BCUT2D eigenvalue weighted by Crippen LogP contribution is 2.22. The van der Waals surface area contributed by atoms with E-state index in [0.717, 1.165) is 16.9 Å². The lowest BCUT2D eigenvalue weighted by molar-refractivity contribution is -0.135. The van der Waals surface area contributed by atoms with E-state index in [1.807, 2.05) is 61.5 Å². The number of carbonyl (C=O) groups is 2. The molecule has 0 bridgehead atoms. The molecule has 1 aromatic heterocycles. The summed E-state index contributed by atoms with van der Waals surface area (Å²) in [5.74, 6) is -0.251. The number of benzene rings is 1. The summed E-state index contributed by atoms with van der Waals surface area (Å²) < 4.78 is 0. The van der Waals surface area contributed by atoms with Gasteiger partial charge in [0.2, 0.25) is 11.8 Å². The van der Waals surface area contributed by atoms with Gasteiger partial charge in [0.05, 0.1) is 18.2 Å². The molecule has 6 heteroatoms. The van der Waals surface area contributed by atoms with Gasteiger partial charge in [-0.25, -0.2) is 0 Å². The van der Waals surface area contributed by atoms with Crippen LogP contribution in [0.5, 0.6) is 0 Å². The third-order valence-electron chi connectivity index (χ3n) is 4.89. The van der Waals surface area contributed by atoms with Gasteiger partial charge in [0.15, 0.2) is 0 Å². The summed E-state index contributed by atoms with van der Waals surface area (Å²) in [4.78, 5) is 34.8. The molecule has 1 aromatic carbocycles. The lowest BCUT2D eigenvalue weighted by atomic mass is 10.1. The van der Waals surface area contributed by atoms with Crippen molar-refractivity contribution in [1.29, 1.82) is 0 Å². The molecule has 6 nitrogen and oxygen atoms in total. The van der Waals surface area contributed by atoms with Crippen LogP contribution < -0.4 is 4.90 Å². The fraction of sp³-hybridized carbons (Fsp3) is 0.381. The number of carbonyl (C=O) groups excluding carboxylic acids is 2. The molecule has 1 aliphatic heterocycles. The van der Waals surface area contributed by atoms with Crippen LogP contribution in [0.4, 0.5) is 5.69 Å². The zero-order valence-corrected chi connectivity index (χ0v) is 16.1. The molecule has 1 aliphatic rings. The molecular weight excluding hydrogens is 340 g/mol. The van der Waals surface area contributed by atoms with E-state index in [1.165, 1.54) is 0 Å². The predicted octanol–water partition coefficient (Wildman–Crippen LogP) is 2.15. The topological polar surface area (TPSA) is 56.8 Å². The summed E-state index contributed by atoms with van der Waals surface area (Å²) >= 11 is 0. The summed E-state index contributed by atoms with van der Waals surface area (Å²) in [6.07, 6.45) is 1.99. The Morgan fingerprint density at radius 2 is 1.89 bits per heavy atom. The maximum absolute atomic E-state index is 12.8. The Labute approximate surface area is 160 Å². The molecule has 27 heavy (non-hydrogen) atoms. The van der Waals surface area contributed by atoms with Crippen molar-refractivity contribution in [3.05, 3.63) is 59.9 Å². The highest BCUT2D eigenvalue weighted by atomic mass is 16.2. The monoisotopic (exact) mass is 366 g/mol. The van der Waals surface area contributed by atoms with E-state index in [2.05, 4.69) is 4.98 Å². The van der Waals surface area contributed by atoms with Crippen molar-refractivity contribution < 1.29 is 9.59 Å². The number of aromatic nitrogens is 1. The van der Waals surface area contributed by atoms with Crippen molar-refractivity contribution in [2.45, 2.75) is 19.5 Å². The maximum Gasteiger partial charge on any atom is 0.228 e. The summed E-state index contributed by atoms with van der Waals surface area (Å²) in [6, 6.07) is 13.8. The van der Waals surface area contributed by atoms with E-state index in [9.17, 15) is 9.59 Å². The van der Waals surface area contributed by atoms with Crippen molar-refractivity contribution in [3.63, 3.8) is 0 Å². The first-order valence-electron chi connectivity index (χ1n) is 9.13. The molecule has 0 radical (unpaired) electrons. The van der Waals surface area contributed by atoms with Crippen molar-refractivity contribution in [2.75, 3.05) is 32.6 Å². The number of amides is 2. The van der Waals surface area contributed by atoms with Crippen molar-refractivity contribution >= 4 is 17.5 Å². The molecule has 0 spiro atoms. The lowest BCUT2D eigenvalue weighted by Crippen LogP contribution is -2.34. The number of rotatable bonds is 6. The van der Waals surface area contributed by atoms with E-state index in [1.54, 1.807) is 23.0 Å². The van der Waals surface area contributed by atoms with Gasteiger partial charge in [-0.1, -0.05) is 18.2 Å². The Morgan fingerprint density at radius 1 is 1.15 bits per heavy atom. The van der Waals surface area contributed by atoms with Gasteiger partial charge in [0.25, 0.3) is 0 Å². The van der Waals surface area contributed by atoms with Crippen molar-refractivity contribution in [1.82, 2.24) is 14.8 Å². The van der Waals surface area contributed by atoms with Crippen molar-refractivity contribution in [2.24, 2.45) is 5.92 Å². The zero-order chi connectivity index (χ0) is 19.4. The molecule has 2 amide bonds.